The number of aromatic hydroxyl groups is 1. The van der Waals surface area contributed by atoms with Crippen molar-refractivity contribution in [1.29, 1.82) is 0 Å². The van der Waals surface area contributed by atoms with Crippen LogP contribution >= 0.6 is 22.6 Å². The Hall–Kier alpha value is -8.55. The third kappa shape index (κ3) is 15.9. The molecule has 16 rings (SSSR count). The van der Waals surface area contributed by atoms with E-state index in [9.17, 15) is 24.3 Å². The van der Waals surface area contributed by atoms with Crippen molar-refractivity contribution in [2.24, 2.45) is 9.98 Å². The summed E-state index contributed by atoms with van der Waals surface area (Å²) in [5, 5.41) is 10.4. The average Bonchev–Trinajstić information content (AvgIpc) is 1.61. The van der Waals surface area contributed by atoms with Crippen molar-refractivity contribution in [1.82, 2.24) is 0 Å². The number of hydrogen-bond acceptors (Lipinski definition) is 15. The summed E-state index contributed by atoms with van der Waals surface area (Å²) in [4.78, 5) is 76.6. The number of methoxy groups -OCH3 is 1. The van der Waals surface area contributed by atoms with Crippen LogP contribution in [-0.2, 0) is 67.0 Å². The van der Waals surface area contributed by atoms with Gasteiger partial charge in [-0.2, -0.15) is 0 Å². The number of amides is 4. The fraction of sp³-hybridized carbons (Fsp3) is 0.386. The number of carbonyl (C=O) groups excluding carboxylic acids is 4. The van der Waals surface area contributed by atoms with E-state index in [0.29, 0.717) is 71.5 Å². The number of benzene rings is 8. The summed E-state index contributed by atoms with van der Waals surface area (Å²) < 4.78 is 25.4. The fourth-order valence-electron chi connectivity index (χ4n) is 16.2. The summed E-state index contributed by atoms with van der Waals surface area (Å²) in [6.07, 6.45) is 17.3. The number of rotatable bonds is 21. The van der Waals surface area contributed by atoms with Crippen molar-refractivity contribution in [3.05, 3.63) is 207 Å². The molecule has 0 spiro atoms. The van der Waals surface area contributed by atoms with Crippen molar-refractivity contribution < 1.29 is 43.2 Å². The van der Waals surface area contributed by atoms with E-state index in [1.165, 1.54) is 39.5 Å². The van der Waals surface area contributed by atoms with Crippen molar-refractivity contribution >= 4 is 145 Å². The molecule has 0 radical (unpaired) electrons. The van der Waals surface area contributed by atoms with Crippen molar-refractivity contribution in [2.45, 2.75) is 146 Å². The Kier molecular flexibility index (Phi) is 23.5. The number of aliphatic imine (C=N–C) groups is 2. The van der Waals surface area contributed by atoms with E-state index in [4.69, 9.17) is 46.3 Å². The second-order valence-corrected chi connectivity index (χ2v) is 39.1. The average molecular weight is 1670 g/mol. The number of alkyl halides is 1. The molecule has 0 aliphatic carbocycles. The molecule has 4 amide bonds. The quantitative estimate of drug-likeness (QED) is 0.0410. The summed E-state index contributed by atoms with van der Waals surface area (Å²) in [6.45, 7) is 19.3. The van der Waals surface area contributed by atoms with E-state index in [0.717, 1.165) is 133 Å². The summed E-state index contributed by atoms with van der Waals surface area (Å²) in [7, 11) is 1.17. The first kappa shape index (κ1) is 78.1. The Bertz CT molecular complexity index is 5030. The summed E-state index contributed by atoms with van der Waals surface area (Å²) in [6, 6.07) is 47.7. The number of phenolic OH excluding ortho intramolecular Hbond substituents is 1. The molecule has 8 aliphatic rings. The van der Waals surface area contributed by atoms with Gasteiger partial charge in [0.05, 0.1) is 96.1 Å². The lowest BCUT2D eigenvalue weighted by atomic mass is 10.0. The van der Waals surface area contributed by atoms with E-state index in [-0.39, 0.29) is 81.9 Å². The normalized spacial score (nSPS) is 18.6. The molecule has 8 aromatic carbocycles. The first-order valence-corrected chi connectivity index (χ1v) is 44.8. The van der Waals surface area contributed by atoms with Gasteiger partial charge in [0.1, 0.15) is 17.2 Å². The molecule has 110 heavy (non-hydrogen) atoms. The van der Waals surface area contributed by atoms with Crippen LogP contribution in [0.1, 0.15) is 147 Å². The Morgan fingerprint density at radius 3 is 1.25 bits per heavy atom. The summed E-state index contributed by atoms with van der Waals surface area (Å²) in [5.41, 5.74) is 16.9. The lowest BCUT2D eigenvalue weighted by molar-refractivity contribution is 0.0975. The van der Waals surface area contributed by atoms with Crippen LogP contribution in [0, 0.1) is 20.8 Å². The maximum Gasteiger partial charge on any atom is 0.261 e. The van der Waals surface area contributed by atoms with E-state index in [1.54, 1.807) is 13.2 Å². The number of nitrogens with zero attached hydrogens (tertiary/aromatic N) is 8. The fourth-order valence-corrected chi connectivity index (χ4v) is 17.7. The maximum atomic E-state index is 14.3. The number of phenols is 1. The molecular formula is C88H97IN8O9S4. The maximum absolute atomic E-state index is 14.3. The largest absolute Gasteiger partial charge is 0.508 e. The van der Waals surface area contributed by atoms with E-state index >= 15 is 0 Å². The highest BCUT2D eigenvalue weighted by atomic mass is 127. The Labute approximate surface area is 674 Å². The molecule has 8 aromatic rings. The van der Waals surface area contributed by atoms with Gasteiger partial charge < -0.3 is 43.7 Å². The Balaban J connectivity index is 0.000000153. The topological polar surface area (TPSA) is 170 Å². The first-order valence-electron chi connectivity index (χ1n) is 38.1. The molecule has 8 heterocycles. The number of hydrogen-bond donors (Lipinski definition) is 1. The van der Waals surface area contributed by atoms with Gasteiger partial charge in [-0.15, -0.1) is 18.9 Å². The first-order chi connectivity index (χ1) is 52.9. The third-order valence-corrected chi connectivity index (χ3v) is 29.3. The molecule has 0 bridgehead atoms. The van der Waals surface area contributed by atoms with Crippen molar-refractivity contribution in [3.63, 3.8) is 0 Å². The molecule has 574 valence electrons. The molecule has 0 fully saturated rings. The molecule has 0 saturated carbocycles. The van der Waals surface area contributed by atoms with Gasteiger partial charge in [-0.05, 0) is 204 Å². The zero-order chi connectivity index (χ0) is 77.4. The highest BCUT2D eigenvalue weighted by molar-refractivity contribution is 14.1. The molecule has 0 aromatic heterocycles. The number of carbonyl (C=O) groups is 4. The zero-order valence-corrected chi connectivity index (χ0v) is 69.8. The van der Waals surface area contributed by atoms with Gasteiger partial charge in [0.2, 0.25) is 0 Å². The third-order valence-electron chi connectivity index (χ3n) is 22.5. The molecule has 0 saturated heterocycles. The van der Waals surface area contributed by atoms with Crippen LogP contribution in [0.3, 0.4) is 0 Å². The predicted octanol–water partition coefficient (Wildman–Crippen LogP) is 16.6. The Morgan fingerprint density at radius 2 is 0.827 bits per heavy atom. The van der Waals surface area contributed by atoms with E-state index < -0.39 is 0 Å². The zero-order valence-electron chi connectivity index (χ0n) is 64.4. The number of unbranched alkanes of at least 4 members (excludes halogenated alkanes) is 4. The minimum Gasteiger partial charge on any atom is -0.508 e. The number of anilines is 6. The van der Waals surface area contributed by atoms with Gasteiger partial charge in [-0.25, -0.2) is 0 Å². The van der Waals surface area contributed by atoms with Crippen LogP contribution in [0.15, 0.2) is 156 Å². The van der Waals surface area contributed by atoms with Crippen LogP contribution in [-0.4, -0.2) is 145 Å². The van der Waals surface area contributed by atoms with Crippen LogP contribution < -0.4 is 48.3 Å². The Morgan fingerprint density at radius 1 is 0.455 bits per heavy atom. The lowest BCUT2D eigenvalue weighted by Gasteiger charge is -2.35. The molecule has 17 nitrogen and oxygen atoms in total. The molecule has 1 N–H and O–H groups in total. The predicted molar refractivity (Wildman–Crippen MR) is 464 cm³/mol. The molecule has 22 heteroatoms. The highest BCUT2D eigenvalue weighted by Gasteiger charge is 2.45. The molecule has 6 atom stereocenters. The standard InChI is InChI=1S/C44H48N4O5S2.C22H23IN2O2.C22H26N2O2S2/c1-28-19-33-35(45-25-31-20-29-13-7-9-15-36(29)47(31)42(33)49)23-39(28)52-17-11-6-12-18-53-41-24-38-34(22-40(41)51-4)43(50)48-32(21-30-14-8-10-16-37(30)48)26-46(38)27-44(2,3)55(5)54;1-15-11-18-19(13-21(15)27-10-6-2-5-9-23)24-14-17-12-16-7-3-4-8-20(16)25(17)22(18)26;1-14-9-17-19(11-20(14)25)23(13-22(2,3)28(4)27)12-16-10-15-7-5-6-8-18(15)24(16)21(17)26/h7-10,13-16,19,22-25,31-32H,6,11-12,17-18,20-21,26-27H2,1-5H3;3-4,7-8,11,13-14,17H,2,5-6,9-10,12H2,1H3;5-9,11,16,25H,10,12-13H2,1-4H3/t31-,32-,55?;17-;16-,28?/m000/s1. The summed E-state index contributed by atoms with van der Waals surface area (Å²) in [5.74, 6) is 2.97. The van der Waals surface area contributed by atoms with Crippen LogP contribution in [0.25, 0.3) is 0 Å². The van der Waals surface area contributed by atoms with Crippen LogP contribution in [0.4, 0.5) is 45.5 Å². The van der Waals surface area contributed by atoms with Gasteiger partial charge in [0.15, 0.2) is 11.5 Å². The second kappa shape index (κ2) is 33.0. The minimum absolute atomic E-state index is 0.0137. The lowest BCUT2D eigenvalue weighted by Crippen LogP contribution is -2.47. The van der Waals surface area contributed by atoms with Gasteiger partial charge in [-0.3, -0.25) is 39.0 Å². The van der Waals surface area contributed by atoms with Gasteiger partial charge in [-0.1, -0.05) is 118 Å². The van der Waals surface area contributed by atoms with Crippen LogP contribution in [0.2, 0.25) is 0 Å². The number of para-hydroxylation sites is 4. The van der Waals surface area contributed by atoms with Gasteiger partial charge >= 0.3 is 0 Å². The smallest absolute Gasteiger partial charge is 0.261 e. The SMILES string of the molecule is COc1cc2c(cc1OCCCCCOc1cc3c(cc1C)C(=O)N1c4ccccc4C[C@H]1C=N3)N(CC(C)(C)S(C)=S)C[C@@H]1Cc3ccccc3N1C2=O.Cc1cc2c(cc1O)N(CC(C)(C)S(C)=S)C[C@@H]1Cc3ccccc3N1C2=O.Cc1cc2c(cc1OCCCCCI)N=C[C@@H]1Cc3ccccc3N1C2=O. The number of ether oxygens (including phenoxy) is 4. The highest BCUT2D eigenvalue weighted by Crippen LogP contribution is 2.47. The number of halogens is 1. The monoisotopic (exact) mass is 1660 g/mol. The van der Waals surface area contributed by atoms with E-state index in [2.05, 4.69) is 102 Å². The second-order valence-electron chi connectivity index (χ2n) is 31.0. The number of aryl methyl sites for hydroxylation is 3. The summed E-state index contributed by atoms with van der Waals surface area (Å²) >= 11 is 13.8. The molecular weight excluding hydrogens is 1570 g/mol. The molecule has 2 unspecified atom stereocenters. The number of fused-ring (bicyclic) bond motifs is 16. The molecule has 8 aliphatic heterocycles. The van der Waals surface area contributed by atoms with Gasteiger partial charge in [0, 0.05) is 108 Å². The minimum atomic E-state index is -0.254. The van der Waals surface area contributed by atoms with Gasteiger partial charge in [0.25, 0.3) is 23.6 Å². The van der Waals surface area contributed by atoms with Crippen LogP contribution in [0.5, 0.6) is 28.7 Å². The van der Waals surface area contributed by atoms with Crippen molar-refractivity contribution in [3.8, 4) is 28.7 Å². The van der Waals surface area contributed by atoms with E-state index in [1.807, 2.05) is 168 Å². The van der Waals surface area contributed by atoms with Crippen molar-refractivity contribution in [2.75, 3.05) is 99.4 Å².